The second-order valence-corrected chi connectivity index (χ2v) is 2.70. The van der Waals surface area contributed by atoms with Crippen molar-refractivity contribution in [2.75, 3.05) is 5.73 Å². The average Bonchev–Trinajstić information content (AvgIpc) is 1.99. The molecule has 4 nitrogen and oxygen atoms in total. The Hall–Kier alpha value is -1.97. The molecule has 1 aromatic heterocycles. The van der Waals surface area contributed by atoms with Crippen molar-refractivity contribution in [3.05, 3.63) is 17.2 Å². The topological polar surface area (TPSA) is 71.9 Å². The van der Waals surface area contributed by atoms with Gasteiger partial charge in [-0.2, -0.15) is 10.2 Å². The predicted molar refractivity (Wildman–Crippen MR) is 44.8 cm³/mol. The van der Waals surface area contributed by atoms with Crippen LogP contribution < -0.4 is 10.5 Å². The zero-order valence-corrected chi connectivity index (χ0v) is 7.59. The maximum Gasteiger partial charge on any atom is 0.574 e. The lowest BCUT2D eigenvalue weighted by Gasteiger charge is -2.09. The molecule has 0 atom stereocenters. The number of hydrogen-bond donors (Lipinski definition) is 1. The summed E-state index contributed by atoms with van der Waals surface area (Å²) in [4.78, 5) is 3.30. The Kier molecular flexibility index (Phi) is 2.70. The number of nitrogens with two attached hydrogens (primary N) is 1. The SMILES string of the molecule is Cc1cc(OC(F)(F)F)nc(N)c1C#N. The third kappa shape index (κ3) is 2.74. The summed E-state index contributed by atoms with van der Waals surface area (Å²) in [5.41, 5.74) is 5.60. The van der Waals surface area contributed by atoms with Crippen molar-refractivity contribution in [2.45, 2.75) is 13.3 Å². The number of ether oxygens (including phenoxy) is 1. The highest BCUT2D eigenvalue weighted by Crippen LogP contribution is 2.24. The van der Waals surface area contributed by atoms with Crippen LogP contribution in [-0.4, -0.2) is 11.3 Å². The zero-order chi connectivity index (χ0) is 11.6. The minimum atomic E-state index is -4.82. The van der Waals surface area contributed by atoms with Crippen molar-refractivity contribution >= 4 is 5.82 Å². The molecular weight excluding hydrogens is 211 g/mol. The van der Waals surface area contributed by atoms with Crippen molar-refractivity contribution in [3.63, 3.8) is 0 Å². The molecule has 0 bridgehead atoms. The van der Waals surface area contributed by atoms with Crippen LogP contribution in [0.4, 0.5) is 19.0 Å². The number of nitriles is 1. The van der Waals surface area contributed by atoms with Gasteiger partial charge in [-0.3, -0.25) is 0 Å². The van der Waals surface area contributed by atoms with Crippen LogP contribution in [0.1, 0.15) is 11.1 Å². The van der Waals surface area contributed by atoms with Crippen molar-refractivity contribution in [3.8, 4) is 11.9 Å². The standard InChI is InChI=1S/C8H6F3N3O/c1-4-2-6(15-8(9,10)11)14-7(13)5(4)3-12/h2H,1H3,(H2,13,14). The lowest BCUT2D eigenvalue weighted by molar-refractivity contribution is -0.276. The van der Waals surface area contributed by atoms with Gasteiger partial charge in [0.25, 0.3) is 0 Å². The van der Waals surface area contributed by atoms with Crippen LogP contribution in [0, 0.1) is 18.3 Å². The maximum absolute atomic E-state index is 11.8. The fraction of sp³-hybridized carbons (Fsp3) is 0.250. The molecule has 0 aliphatic carbocycles. The number of aryl methyl sites for hydroxylation is 1. The molecule has 0 saturated carbocycles. The number of rotatable bonds is 1. The molecule has 0 unspecified atom stereocenters. The highest BCUT2D eigenvalue weighted by Gasteiger charge is 2.32. The Morgan fingerprint density at radius 3 is 2.53 bits per heavy atom. The van der Waals surface area contributed by atoms with E-state index in [2.05, 4.69) is 9.72 Å². The van der Waals surface area contributed by atoms with Crippen LogP contribution in [0.15, 0.2) is 6.07 Å². The molecule has 0 radical (unpaired) electrons. The second-order valence-electron chi connectivity index (χ2n) is 2.70. The molecular formula is C8H6F3N3O. The normalized spacial score (nSPS) is 10.9. The third-order valence-electron chi connectivity index (χ3n) is 1.55. The summed E-state index contributed by atoms with van der Waals surface area (Å²) in [7, 11) is 0. The molecule has 0 aliphatic heterocycles. The molecule has 2 N–H and O–H groups in total. The molecule has 1 heterocycles. The van der Waals surface area contributed by atoms with E-state index in [1.165, 1.54) is 6.92 Å². The number of nitrogen functional groups attached to an aromatic ring is 1. The minimum Gasteiger partial charge on any atom is -0.388 e. The molecule has 80 valence electrons. The quantitative estimate of drug-likeness (QED) is 0.777. The van der Waals surface area contributed by atoms with E-state index in [4.69, 9.17) is 11.0 Å². The number of hydrogen-bond acceptors (Lipinski definition) is 4. The van der Waals surface area contributed by atoms with Gasteiger partial charge in [-0.1, -0.05) is 0 Å². The van der Waals surface area contributed by atoms with Crippen molar-refractivity contribution < 1.29 is 17.9 Å². The number of alkyl halides is 3. The van der Waals surface area contributed by atoms with Gasteiger partial charge < -0.3 is 10.5 Å². The molecule has 0 saturated heterocycles. The number of pyridine rings is 1. The van der Waals surface area contributed by atoms with Gasteiger partial charge in [0.05, 0.1) is 5.56 Å². The van der Waals surface area contributed by atoms with Gasteiger partial charge in [0.15, 0.2) is 0 Å². The first-order chi connectivity index (χ1) is 6.83. The van der Waals surface area contributed by atoms with Gasteiger partial charge in [-0.25, -0.2) is 0 Å². The van der Waals surface area contributed by atoms with E-state index < -0.39 is 12.2 Å². The van der Waals surface area contributed by atoms with Gasteiger partial charge >= 0.3 is 6.36 Å². The molecule has 0 spiro atoms. The summed E-state index contributed by atoms with van der Waals surface area (Å²) in [6.45, 7) is 1.44. The van der Waals surface area contributed by atoms with Crippen molar-refractivity contribution in [1.29, 1.82) is 5.26 Å². The fourth-order valence-electron chi connectivity index (χ4n) is 0.983. The van der Waals surface area contributed by atoms with Crippen molar-refractivity contribution in [1.82, 2.24) is 4.98 Å². The fourth-order valence-corrected chi connectivity index (χ4v) is 0.983. The Labute approximate surface area is 83.1 Å². The van der Waals surface area contributed by atoms with Gasteiger partial charge in [0.1, 0.15) is 11.9 Å². The first kappa shape index (κ1) is 11.1. The highest BCUT2D eigenvalue weighted by molar-refractivity contribution is 5.54. The summed E-state index contributed by atoms with van der Waals surface area (Å²) >= 11 is 0. The Morgan fingerprint density at radius 1 is 1.53 bits per heavy atom. The van der Waals surface area contributed by atoms with E-state index in [1.807, 2.05) is 0 Å². The molecule has 0 aromatic carbocycles. The van der Waals surface area contributed by atoms with E-state index in [9.17, 15) is 13.2 Å². The average molecular weight is 217 g/mol. The van der Waals surface area contributed by atoms with E-state index >= 15 is 0 Å². The van der Waals surface area contributed by atoms with E-state index in [-0.39, 0.29) is 16.9 Å². The van der Waals surface area contributed by atoms with Gasteiger partial charge in [0.2, 0.25) is 5.88 Å². The smallest absolute Gasteiger partial charge is 0.388 e. The van der Waals surface area contributed by atoms with Crippen molar-refractivity contribution in [2.24, 2.45) is 0 Å². The number of nitrogens with zero attached hydrogens (tertiary/aromatic N) is 2. The summed E-state index contributed by atoms with van der Waals surface area (Å²) in [5, 5.41) is 8.59. The molecule has 0 fully saturated rings. The number of halogens is 3. The van der Waals surface area contributed by atoms with E-state index in [0.29, 0.717) is 0 Å². The first-order valence-corrected chi connectivity index (χ1v) is 3.76. The van der Waals surface area contributed by atoms with E-state index in [1.54, 1.807) is 6.07 Å². The van der Waals surface area contributed by atoms with Gasteiger partial charge in [-0.05, 0) is 12.5 Å². The van der Waals surface area contributed by atoms with Gasteiger partial charge in [-0.15, -0.1) is 13.2 Å². The number of aromatic nitrogens is 1. The Balaban J connectivity index is 3.11. The van der Waals surface area contributed by atoms with Crippen LogP contribution >= 0.6 is 0 Å². The largest absolute Gasteiger partial charge is 0.574 e. The monoisotopic (exact) mass is 217 g/mol. The zero-order valence-electron chi connectivity index (χ0n) is 7.59. The van der Waals surface area contributed by atoms with Crippen LogP contribution in [0.3, 0.4) is 0 Å². The van der Waals surface area contributed by atoms with Crippen LogP contribution in [0.2, 0.25) is 0 Å². The Morgan fingerprint density at radius 2 is 2.13 bits per heavy atom. The molecule has 0 amide bonds. The summed E-state index contributed by atoms with van der Waals surface area (Å²) < 4.78 is 39.0. The summed E-state index contributed by atoms with van der Waals surface area (Å²) in [6.07, 6.45) is -4.82. The summed E-state index contributed by atoms with van der Waals surface area (Å²) in [5.74, 6) is -0.951. The first-order valence-electron chi connectivity index (χ1n) is 3.76. The molecule has 7 heteroatoms. The Bertz CT molecular complexity index is 399. The van der Waals surface area contributed by atoms with E-state index in [0.717, 1.165) is 6.07 Å². The lowest BCUT2D eigenvalue weighted by Crippen LogP contribution is -2.18. The number of anilines is 1. The van der Waals surface area contributed by atoms with Gasteiger partial charge in [0, 0.05) is 6.07 Å². The maximum atomic E-state index is 11.8. The lowest BCUT2D eigenvalue weighted by atomic mass is 10.1. The molecule has 0 aliphatic rings. The second kappa shape index (κ2) is 3.65. The van der Waals surface area contributed by atoms with Crippen LogP contribution in [-0.2, 0) is 0 Å². The summed E-state index contributed by atoms with van der Waals surface area (Å²) in [6, 6.07) is 2.73. The highest BCUT2D eigenvalue weighted by atomic mass is 19.4. The minimum absolute atomic E-state index is 0.0459. The molecule has 15 heavy (non-hydrogen) atoms. The van der Waals surface area contributed by atoms with Crippen LogP contribution in [0.5, 0.6) is 5.88 Å². The predicted octanol–water partition coefficient (Wildman–Crippen LogP) is 1.74. The molecule has 1 aromatic rings. The van der Waals surface area contributed by atoms with Crippen LogP contribution in [0.25, 0.3) is 0 Å². The molecule has 1 rings (SSSR count). The third-order valence-corrected chi connectivity index (χ3v) is 1.55.